The number of hydrogen-bond acceptors (Lipinski definition) is 2. The van der Waals surface area contributed by atoms with Crippen molar-refractivity contribution in [3.05, 3.63) is 29.8 Å². The quantitative estimate of drug-likeness (QED) is 0.817. The molecule has 0 aliphatic heterocycles. The molecule has 0 aromatic heterocycles. The highest BCUT2D eigenvalue weighted by Crippen LogP contribution is 2.34. The molecule has 1 aromatic rings. The Morgan fingerprint density at radius 1 is 1.24 bits per heavy atom. The molecule has 17 heavy (non-hydrogen) atoms. The lowest BCUT2D eigenvalue weighted by molar-refractivity contribution is 0.142. The summed E-state index contributed by atoms with van der Waals surface area (Å²) in [5, 5.41) is 9.84. The molecule has 1 unspecified atom stereocenters. The summed E-state index contributed by atoms with van der Waals surface area (Å²) in [6.07, 6.45) is 7.04. The molecule has 3 rings (SSSR count). The van der Waals surface area contributed by atoms with Crippen LogP contribution in [0.5, 0.6) is 5.75 Å². The van der Waals surface area contributed by atoms with Crippen LogP contribution in [0.15, 0.2) is 24.3 Å². The molecule has 0 bridgehead atoms. The molecule has 0 radical (unpaired) electrons. The van der Waals surface area contributed by atoms with Gasteiger partial charge in [0.15, 0.2) is 0 Å². The van der Waals surface area contributed by atoms with Crippen LogP contribution >= 0.6 is 0 Å². The van der Waals surface area contributed by atoms with Gasteiger partial charge in [0.1, 0.15) is 5.75 Å². The van der Waals surface area contributed by atoms with E-state index in [9.17, 15) is 5.11 Å². The summed E-state index contributed by atoms with van der Waals surface area (Å²) in [5.74, 6) is 1.58. The zero-order chi connectivity index (χ0) is 11.7. The first kappa shape index (κ1) is 11.1. The minimum Gasteiger partial charge on any atom is -0.490 e. The van der Waals surface area contributed by atoms with Crippen LogP contribution in [0.4, 0.5) is 0 Å². The summed E-state index contributed by atoms with van der Waals surface area (Å²) in [6.45, 7) is 0. The summed E-state index contributed by atoms with van der Waals surface area (Å²) in [4.78, 5) is 0. The Morgan fingerprint density at radius 2 is 2.06 bits per heavy atom. The number of benzene rings is 1. The van der Waals surface area contributed by atoms with E-state index in [-0.39, 0.29) is 6.10 Å². The van der Waals surface area contributed by atoms with E-state index in [0.717, 1.165) is 18.6 Å². The summed E-state index contributed by atoms with van der Waals surface area (Å²) in [5.41, 5.74) is 1.28. The van der Waals surface area contributed by atoms with Crippen molar-refractivity contribution in [2.24, 2.45) is 5.92 Å². The number of hydrogen-bond donors (Lipinski definition) is 1. The van der Waals surface area contributed by atoms with Crippen molar-refractivity contribution in [2.75, 3.05) is 0 Å². The Kier molecular flexibility index (Phi) is 3.06. The first-order valence-electron chi connectivity index (χ1n) is 6.75. The van der Waals surface area contributed by atoms with Gasteiger partial charge in [-0.3, -0.25) is 0 Å². The van der Waals surface area contributed by atoms with Crippen LogP contribution < -0.4 is 4.74 Å². The molecule has 92 valence electrons. The van der Waals surface area contributed by atoms with Crippen molar-refractivity contribution in [1.82, 2.24) is 0 Å². The molecule has 0 amide bonds. The maximum absolute atomic E-state index is 9.84. The Bertz CT molecular complexity index is 380. The summed E-state index contributed by atoms with van der Waals surface area (Å²) < 4.78 is 5.77. The minimum absolute atomic E-state index is 0.0944. The molecule has 2 aliphatic rings. The zero-order valence-corrected chi connectivity index (χ0v) is 10.1. The molecule has 0 saturated heterocycles. The monoisotopic (exact) mass is 232 g/mol. The second kappa shape index (κ2) is 4.69. The average Bonchev–Trinajstić information content (AvgIpc) is 3.17. The smallest absolute Gasteiger partial charge is 0.119 e. The maximum Gasteiger partial charge on any atom is 0.119 e. The van der Waals surface area contributed by atoms with E-state index in [1.807, 2.05) is 6.07 Å². The van der Waals surface area contributed by atoms with Crippen LogP contribution in [0.25, 0.3) is 0 Å². The van der Waals surface area contributed by atoms with Crippen LogP contribution in [-0.2, 0) is 6.42 Å². The second-order valence-corrected chi connectivity index (χ2v) is 5.41. The molecule has 0 spiro atoms. The third-order valence-corrected chi connectivity index (χ3v) is 3.62. The number of rotatable bonds is 6. The lowest BCUT2D eigenvalue weighted by Gasteiger charge is -2.10. The molecule has 1 N–H and O–H groups in total. The SMILES string of the molecule is OC(CCc1cccc(OC2CC2)c1)C1CC1. The lowest BCUT2D eigenvalue weighted by atomic mass is 10.0. The summed E-state index contributed by atoms with van der Waals surface area (Å²) in [7, 11) is 0. The standard InChI is InChI=1S/C15H20O2/c16-15(12-5-6-12)9-4-11-2-1-3-14(10-11)17-13-7-8-13/h1-3,10,12-13,15-16H,4-9H2. The molecule has 0 heterocycles. The number of aliphatic hydroxyl groups excluding tert-OH is 1. The molecule has 1 aromatic carbocycles. The number of ether oxygens (including phenoxy) is 1. The second-order valence-electron chi connectivity index (χ2n) is 5.41. The molecule has 2 aliphatic carbocycles. The van der Waals surface area contributed by atoms with Gasteiger partial charge in [0, 0.05) is 0 Å². The molecule has 2 fully saturated rings. The van der Waals surface area contributed by atoms with Gasteiger partial charge in [0.25, 0.3) is 0 Å². The molecule has 1 atom stereocenters. The van der Waals surface area contributed by atoms with E-state index in [1.54, 1.807) is 0 Å². The van der Waals surface area contributed by atoms with Crippen molar-refractivity contribution >= 4 is 0 Å². The van der Waals surface area contributed by atoms with E-state index in [1.165, 1.54) is 31.2 Å². The van der Waals surface area contributed by atoms with Crippen molar-refractivity contribution in [3.63, 3.8) is 0 Å². The van der Waals surface area contributed by atoms with Gasteiger partial charge in [-0.15, -0.1) is 0 Å². The fourth-order valence-electron chi connectivity index (χ4n) is 2.18. The number of aliphatic hydroxyl groups is 1. The summed E-state index contributed by atoms with van der Waals surface area (Å²) >= 11 is 0. The van der Waals surface area contributed by atoms with Crippen molar-refractivity contribution in [1.29, 1.82) is 0 Å². The highest BCUT2D eigenvalue weighted by molar-refractivity contribution is 5.29. The molecule has 2 nitrogen and oxygen atoms in total. The van der Waals surface area contributed by atoms with E-state index >= 15 is 0 Å². The predicted octanol–water partition coefficient (Wildman–Crippen LogP) is 2.93. The van der Waals surface area contributed by atoms with E-state index in [0.29, 0.717) is 12.0 Å². The van der Waals surface area contributed by atoms with Gasteiger partial charge in [-0.05, 0) is 62.1 Å². The van der Waals surface area contributed by atoms with Gasteiger partial charge in [0.2, 0.25) is 0 Å². The number of aryl methyl sites for hydroxylation is 1. The molecule has 2 heteroatoms. The molecular weight excluding hydrogens is 212 g/mol. The van der Waals surface area contributed by atoms with Crippen LogP contribution in [0.1, 0.15) is 37.7 Å². The fourth-order valence-corrected chi connectivity index (χ4v) is 2.18. The first-order chi connectivity index (χ1) is 8.31. The topological polar surface area (TPSA) is 29.5 Å². The van der Waals surface area contributed by atoms with Crippen molar-refractivity contribution in [3.8, 4) is 5.75 Å². The minimum atomic E-state index is -0.0944. The predicted molar refractivity (Wildman–Crippen MR) is 67.1 cm³/mol. The third-order valence-electron chi connectivity index (χ3n) is 3.62. The normalized spacial score (nSPS) is 21.2. The summed E-state index contributed by atoms with van der Waals surface area (Å²) in [6, 6.07) is 8.33. The third kappa shape index (κ3) is 3.22. The average molecular weight is 232 g/mol. The van der Waals surface area contributed by atoms with Gasteiger partial charge in [-0.25, -0.2) is 0 Å². The Labute approximate surface area is 103 Å². The lowest BCUT2D eigenvalue weighted by Crippen LogP contribution is -2.10. The van der Waals surface area contributed by atoms with Gasteiger partial charge >= 0.3 is 0 Å². The van der Waals surface area contributed by atoms with Gasteiger partial charge in [0.05, 0.1) is 12.2 Å². The highest BCUT2D eigenvalue weighted by Gasteiger charge is 2.29. The fraction of sp³-hybridized carbons (Fsp3) is 0.600. The van der Waals surface area contributed by atoms with Crippen LogP contribution in [0.2, 0.25) is 0 Å². The molecular formula is C15H20O2. The largest absolute Gasteiger partial charge is 0.490 e. The van der Waals surface area contributed by atoms with Gasteiger partial charge in [-0.2, -0.15) is 0 Å². The van der Waals surface area contributed by atoms with Crippen LogP contribution in [0, 0.1) is 5.92 Å². The molecule has 2 saturated carbocycles. The van der Waals surface area contributed by atoms with Crippen LogP contribution in [0.3, 0.4) is 0 Å². The zero-order valence-electron chi connectivity index (χ0n) is 10.1. The highest BCUT2D eigenvalue weighted by atomic mass is 16.5. The van der Waals surface area contributed by atoms with Crippen molar-refractivity contribution < 1.29 is 9.84 Å². The van der Waals surface area contributed by atoms with Gasteiger partial charge < -0.3 is 9.84 Å². The Morgan fingerprint density at radius 3 is 2.76 bits per heavy atom. The van der Waals surface area contributed by atoms with Gasteiger partial charge in [-0.1, -0.05) is 12.1 Å². The van der Waals surface area contributed by atoms with Crippen LogP contribution in [-0.4, -0.2) is 17.3 Å². The Hall–Kier alpha value is -1.02. The Balaban J connectivity index is 1.53. The maximum atomic E-state index is 9.84. The van der Waals surface area contributed by atoms with E-state index in [4.69, 9.17) is 4.74 Å². The van der Waals surface area contributed by atoms with E-state index in [2.05, 4.69) is 18.2 Å². The van der Waals surface area contributed by atoms with E-state index < -0.39 is 0 Å². The van der Waals surface area contributed by atoms with Crippen molar-refractivity contribution in [2.45, 2.75) is 50.7 Å². The first-order valence-corrected chi connectivity index (χ1v) is 6.75.